The van der Waals surface area contributed by atoms with Crippen LogP contribution in [0.15, 0.2) is 12.4 Å². The fourth-order valence-corrected chi connectivity index (χ4v) is 2.12. The van der Waals surface area contributed by atoms with Crippen molar-refractivity contribution in [2.45, 2.75) is 26.7 Å². The number of hydrogen-bond acceptors (Lipinski definition) is 2. The van der Waals surface area contributed by atoms with E-state index in [1.165, 1.54) is 5.69 Å². The summed E-state index contributed by atoms with van der Waals surface area (Å²) in [5.74, 6) is 0.424. The summed E-state index contributed by atoms with van der Waals surface area (Å²) in [4.78, 5) is 3.09. The number of rotatable bonds is 2. The van der Waals surface area contributed by atoms with E-state index in [2.05, 4.69) is 28.5 Å². The van der Waals surface area contributed by atoms with Crippen LogP contribution in [0, 0.1) is 11.7 Å². The number of nitrogens with one attached hydrogen (secondary N) is 1. The molecule has 0 atom stereocenters. The van der Waals surface area contributed by atoms with Gasteiger partial charge in [-0.15, -0.1) is 0 Å². The van der Waals surface area contributed by atoms with Crippen LogP contribution in [0.3, 0.4) is 0 Å². The molecule has 0 saturated carbocycles. The average Bonchev–Trinajstić information content (AvgIpc) is 2.69. The first-order valence-corrected chi connectivity index (χ1v) is 5.72. The van der Waals surface area contributed by atoms with Gasteiger partial charge >= 0.3 is 0 Å². The molecule has 0 unspecified atom stereocenters. The summed E-state index contributed by atoms with van der Waals surface area (Å²) < 4.78 is 4.59. The average molecular weight is 236 g/mol. The molecule has 0 aliphatic heterocycles. The van der Waals surface area contributed by atoms with Gasteiger partial charge in [-0.3, -0.25) is 9.25 Å². The van der Waals surface area contributed by atoms with Crippen LogP contribution in [-0.4, -0.2) is 19.3 Å². The summed E-state index contributed by atoms with van der Waals surface area (Å²) in [6, 6.07) is 0. The Bertz CT molecular complexity index is 559. The Labute approximate surface area is 99.9 Å². The summed E-state index contributed by atoms with van der Waals surface area (Å²) in [7, 11) is 1.92. The molecule has 0 aliphatic carbocycles. The van der Waals surface area contributed by atoms with E-state index in [4.69, 9.17) is 12.2 Å². The highest BCUT2D eigenvalue weighted by molar-refractivity contribution is 7.71. The number of imidazole rings is 1. The van der Waals surface area contributed by atoms with Crippen LogP contribution in [0.4, 0.5) is 0 Å². The van der Waals surface area contributed by atoms with Gasteiger partial charge in [0.05, 0.1) is 11.4 Å². The van der Waals surface area contributed by atoms with Gasteiger partial charge in [-0.1, -0.05) is 13.8 Å². The van der Waals surface area contributed by atoms with Crippen molar-refractivity contribution in [2.75, 3.05) is 0 Å². The zero-order valence-electron chi connectivity index (χ0n) is 9.98. The normalized spacial score (nSPS) is 11.3. The van der Waals surface area contributed by atoms with E-state index in [0.29, 0.717) is 5.92 Å². The van der Waals surface area contributed by atoms with Crippen molar-refractivity contribution in [3.63, 3.8) is 0 Å². The van der Waals surface area contributed by atoms with Crippen molar-refractivity contribution in [3.05, 3.63) is 28.6 Å². The lowest BCUT2D eigenvalue weighted by Gasteiger charge is -2.09. The van der Waals surface area contributed by atoms with Crippen LogP contribution < -0.4 is 0 Å². The Balaban J connectivity index is 2.68. The number of hydrogen-bond donors (Lipinski definition) is 1. The zero-order valence-corrected chi connectivity index (χ0v) is 10.8. The Morgan fingerprint density at radius 3 is 2.62 bits per heavy atom. The molecular weight excluding hydrogens is 220 g/mol. The van der Waals surface area contributed by atoms with Crippen molar-refractivity contribution in [1.29, 1.82) is 0 Å². The maximum Gasteiger partial charge on any atom is 0.182 e. The van der Waals surface area contributed by atoms with Crippen LogP contribution in [-0.2, 0) is 7.05 Å². The first kappa shape index (κ1) is 11.1. The molecule has 0 fully saturated rings. The van der Waals surface area contributed by atoms with Gasteiger partial charge in [0.25, 0.3) is 0 Å². The predicted molar refractivity (Wildman–Crippen MR) is 66.5 cm³/mol. The second kappa shape index (κ2) is 3.90. The molecule has 0 aliphatic rings. The molecule has 2 aromatic rings. The summed E-state index contributed by atoms with van der Waals surface area (Å²) in [6.07, 6.45) is 3.96. The molecule has 2 rings (SSSR count). The van der Waals surface area contributed by atoms with Crippen molar-refractivity contribution in [2.24, 2.45) is 7.05 Å². The van der Waals surface area contributed by atoms with E-state index in [0.717, 1.165) is 16.2 Å². The van der Waals surface area contributed by atoms with Crippen molar-refractivity contribution in [3.8, 4) is 5.69 Å². The summed E-state index contributed by atoms with van der Waals surface area (Å²) in [6.45, 7) is 6.30. The Morgan fingerprint density at radius 2 is 2.12 bits per heavy atom. The highest BCUT2D eigenvalue weighted by atomic mass is 32.1. The Morgan fingerprint density at radius 1 is 1.44 bits per heavy atom. The molecule has 16 heavy (non-hydrogen) atoms. The largest absolute Gasteiger partial charge is 0.337 e. The molecule has 2 heterocycles. The van der Waals surface area contributed by atoms with Gasteiger partial charge in [-0.05, 0) is 25.1 Å². The third-order valence-electron chi connectivity index (χ3n) is 2.62. The molecule has 86 valence electrons. The quantitative estimate of drug-likeness (QED) is 0.814. The maximum atomic E-state index is 5.31. The van der Waals surface area contributed by atoms with Gasteiger partial charge in [0.2, 0.25) is 0 Å². The zero-order chi connectivity index (χ0) is 11.9. The lowest BCUT2D eigenvalue weighted by molar-refractivity contribution is 0.756. The third kappa shape index (κ3) is 1.71. The van der Waals surface area contributed by atoms with Gasteiger partial charge in [-0.25, -0.2) is 0 Å². The van der Waals surface area contributed by atoms with E-state index < -0.39 is 0 Å². The van der Waals surface area contributed by atoms with Crippen LogP contribution in [0.25, 0.3) is 5.69 Å². The second-order valence-corrected chi connectivity index (χ2v) is 4.67. The molecule has 1 N–H and O–H groups in total. The van der Waals surface area contributed by atoms with Gasteiger partial charge in [0, 0.05) is 25.1 Å². The lowest BCUT2D eigenvalue weighted by Crippen LogP contribution is -2.02. The van der Waals surface area contributed by atoms with Crippen molar-refractivity contribution in [1.82, 2.24) is 19.3 Å². The minimum atomic E-state index is 0.424. The first-order valence-electron chi connectivity index (χ1n) is 5.31. The molecule has 0 saturated heterocycles. The molecule has 0 spiro atoms. The van der Waals surface area contributed by atoms with Crippen molar-refractivity contribution < 1.29 is 0 Å². The van der Waals surface area contributed by atoms with Gasteiger partial charge in [-0.2, -0.15) is 5.10 Å². The summed E-state index contributed by atoms with van der Waals surface area (Å²) in [5, 5.41) is 4.34. The standard InChI is InChI=1S/C11H16N4S/c1-7(2)9-5-12-11(16)15(9)10-6-14(4)13-8(10)3/h5-7H,1-4H3,(H,12,16). The molecule has 5 heteroatoms. The molecule has 4 nitrogen and oxygen atoms in total. The monoisotopic (exact) mass is 236 g/mol. The molecule has 0 bridgehead atoms. The number of aromatic nitrogens is 4. The summed E-state index contributed by atoms with van der Waals surface area (Å²) in [5.41, 5.74) is 3.22. The van der Waals surface area contributed by atoms with E-state index in [1.807, 2.05) is 31.0 Å². The SMILES string of the molecule is Cc1nn(C)cc1-n1c(C(C)C)c[nH]c1=S. The molecule has 0 radical (unpaired) electrons. The van der Waals surface area contributed by atoms with Crippen LogP contribution in [0.2, 0.25) is 0 Å². The molecule has 0 aromatic carbocycles. The third-order valence-corrected chi connectivity index (χ3v) is 2.93. The number of nitrogens with zero attached hydrogens (tertiary/aromatic N) is 3. The maximum absolute atomic E-state index is 5.31. The van der Waals surface area contributed by atoms with E-state index in [1.54, 1.807) is 0 Å². The van der Waals surface area contributed by atoms with E-state index in [-0.39, 0.29) is 0 Å². The second-order valence-electron chi connectivity index (χ2n) is 4.28. The van der Waals surface area contributed by atoms with Crippen LogP contribution in [0.5, 0.6) is 0 Å². The predicted octanol–water partition coefficient (Wildman–Crippen LogP) is 2.70. The highest BCUT2D eigenvalue weighted by Gasteiger charge is 2.13. The fourth-order valence-electron chi connectivity index (χ4n) is 1.86. The van der Waals surface area contributed by atoms with Crippen LogP contribution >= 0.6 is 12.2 Å². The molecule has 0 amide bonds. The van der Waals surface area contributed by atoms with E-state index >= 15 is 0 Å². The highest BCUT2D eigenvalue weighted by Crippen LogP contribution is 2.21. The molecular formula is C11H16N4S. The smallest absolute Gasteiger partial charge is 0.182 e. The van der Waals surface area contributed by atoms with Gasteiger partial charge < -0.3 is 4.98 Å². The van der Waals surface area contributed by atoms with Crippen molar-refractivity contribution >= 4 is 12.2 Å². The molecule has 2 aromatic heterocycles. The fraction of sp³-hybridized carbons (Fsp3) is 0.455. The minimum Gasteiger partial charge on any atom is -0.337 e. The van der Waals surface area contributed by atoms with E-state index in [9.17, 15) is 0 Å². The Hall–Kier alpha value is -1.36. The summed E-state index contributed by atoms with van der Waals surface area (Å²) >= 11 is 5.31. The number of aryl methyl sites for hydroxylation is 2. The van der Waals surface area contributed by atoms with Gasteiger partial charge in [0.1, 0.15) is 0 Å². The topological polar surface area (TPSA) is 38.5 Å². The minimum absolute atomic E-state index is 0.424. The number of H-pyrrole nitrogens is 1. The first-order chi connectivity index (χ1) is 7.50. The van der Waals surface area contributed by atoms with Gasteiger partial charge in [0.15, 0.2) is 4.77 Å². The lowest BCUT2D eigenvalue weighted by atomic mass is 10.1. The number of aromatic amines is 1. The Kier molecular flexibility index (Phi) is 2.71. The van der Waals surface area contributed by atoms with Crippen LogP contribution in [0.1, 0.15) is 31.2 Å².